The fourth-order valence-electron chi connectivity index (χ4n) is 2.53. The number of aliphatic hydroxyl groups is 2. The minimum absolute atomic E-state index is 0.127. The van der Waals surface area contributed by atoms with Crippen molar-refractivity contribution in [3.8, 4) is 6.07 Å². The minimum atomic E-state index is -1.50. The van der Waals surface area contributed by atoms with Crippen LogP contribution in [0.4, 0.5) is 0 Å². The molecule has 0 aromatic carbocycles. The molecule has 3 rings (SSSR count). The van der Waals surface area contributed by atoms with Gasteiger partial charge < -0.3 is 14.8 Å². The van der Waals surface area contributed by atoms with Crippen molar-refractivity contribution in [1.82, 2.24) is 14.5 Å². The van der Waals surface area contributed by atoms with E-state index in [0.717, 1.165) is 19.3 Å². The first-order valence-electron chi connectivity index (χ1n) is 8.22. The van der Waals surface area contributed by atoms with Crippen LogP contribution in [0.15, 0.2) is 12.4 Å². The van der Waals surface area contributed by atoms with Crippen LogP contribution in [0.1, 0.15) is 53.0 Å². The molecule has 2 N–H and O–H groups in total. The molecule has 138 valence electrons. The van der Waals surface area contributed by atoms with E-state index in [4.69, 9.17) is 38.7 Å². The molecule has 0 aliphatic heterocycles. The number of rotatable bonds is 1. The molecule has 25 heavy (non-hydrogen) atoms. The second kappa shape index (κ2) is 9.35. The van der Waals surface area contributed by atoms with Crippen LogP contribution in [-0.4, -0.2) is 30.5 Å². The van der Waals surface area contributed by atoms with Crippen molar-refractivity contribution < 1.29 is 10.2 Å². The fourth-order valence-corrected chi connectivity index (χ4v) is 3.02. The van der Waals surface area contributed by atoms with E-state index in [2.05, 4.69) is 16.0 Å². The smallest absolute Gasteiger partial charge is 0.163 e. The first kappa shape index (κ1) is 21.7. The molecule has 0 spiro atoms. The number of hydrogen-bond donors (Lipinski definition) is 2. The van der Waals surface area contributed by atoms with Gasteiger partial charge in [0.1, 0.15) is 10.7 Å². The summed E-state index contributed by atoms with van der Waals surface area (Å²) in [5.41, 5.74) is 1.37. The van der Waals surface area contributed by atoms with Crippen molar-refractivity contribution in [2.45, 2.75) is 58.8 Å². The third-order valence-electron chi connectivity index (χ3n) is 3.43. The molecule has 2 aromatic heterocycles. The summed E-state index contributed by atoms with van der Waals surface area (Å²) in [5, 5.41) is 26.0. The van der Waals surface area contributed by atoms with Crippen molar-refractivity contribution in [2.75, 3.05) is 0 Å². The van der Waals surface area contributed by atoms with Gasteiger partial charge >= 0.3 is 0 Å². The highest BCUT2D eigenvalue weighted by atomic mass is 35.5. The number of pyridine rings is 1. The van der Waals surface area contributed by atoms with E-state index in [1.165, 1.54) is 13.8 Å². The van der Waals surface area contributed by atoms with Gasteiger partial charge in [0.05, 0.1) is 17.4 Å². The largest absolute Gasteiger partial charge is 0.366 e. The van der Waals surface area contributed by atoms with Crippen molar-refractivity contribution in [1.29, 1.82) is 5.26 Å². The summed E-state index contributed by atoms with van der Waals surface area (Å²) < 4.78 is 1.99. The third kappa shape index (κ3) is 6.44. The molecule has 0 radical (unpaired) electrons. The number of fused-ring (bicyclic) bond motifs is 1. The second-order valence-electron chi connectivity index (χ2n) is 6.04. The van der Waals surface area contributed by atoms with Crippen LogP contribution in [0.2, 0.25) is 10.2 Å². The summed E-state index contributed by atoms with van der Waals surface area (Å²) in [5.74, 6) is -1.37. The zero-order valence-electron chi connectivity index (χ0n) is 14.9. The molecule has 2 atom stereocenters. The maximum atomic E-state index is 8.95. The van der Waals surface area contributed by atoms with Gasteiger partial charge in [0, 0.05) is 12.0 Å². The minimum Gasteiger partial charge on any atom is -0.366 e. The third-order valence-corrected chi connectivity index (χ3v) is 3.92. The van der Waals surface area contributed by atoms with Gasteiger partial charge in [-0.05, 0) is 39.2 Å². The van der Waals surface area contributed by atoms with Crippen LogP contribution in [0.3, 0.4) is 0 Å². The molecule has 1 saturated carbocycles. The number of nitriles is 1. The van der Waals surface area contributed by atoms with Gasteiger partial charge in [-0.3, -0.25) is 0 Å². The highest BCUT2D eigenvalue weighted by Gasteiger charge is 2.27. The fraction of sp³-hybridized carbons (Fsp3) is 0.588. The van der Waals surface area contributed by atoms with E-state index in [1.54, 1.807) is 12.4 Å². The molecule has 0 saturated heterocycles. The number of halogens is 2. The van der Waals surface area contributed by atoms with Crippen molar-refractivity contribution in [3.05, 3.63) is 22.6 Å². The molecular formula is C17H24Cl2N4O2. The van der Waals surface area contributed by atoms with Crippen molar-refractivity contribution in [2.24, 2.45) is 5.92 Å². The Morgan fingerprint density at radius 2 is 1.88 bits per heavy atom. The molecule has 8 heteroatoms. The van der Waals surface area contributed by atoms with Gasteiger partial charge in [-0.25, -0.2) is 9.97 Å². The summed E-state index contributed by atoms with van der Waals surface area (Å²) in [4.78, 5) is 8.57. The zero-order chi connectivity index (χ0) is 19.2. The predicted molar refractivity (Wildman–Crippen MR) is 99.4 cm³/mol. The van der Waals surface area contributed by atoms with E-state index in [1.807, 2.05) is 18.4 Å². The molecule has 2 heterocycles. The average molecular weight is 387 g/mol. The van der Waals surface area contributed by atoms with Crippen molar-refractivity contribution in [3.63, 3.8) is 0 Å². The first-order valence-corrected chi connectivity index (χ1v) is 8.97. The molecule has 2 aromatic rings. The van der Waals surface area contributed by atoms with Gasteiger partial charge in [-0.2, -0.15) is 5.26 Å². The Kier molecular flexibility index (Phi) is 8.10. The Bertz CT molecular complexity index is 729. The lowest BCUT2D eigenvalue weighted by atomic mass is 10.1. The van der Waals surface area contributed by atoms with Crippen LogP contribution in [0.25, 0.3) is 11.2 Å². The number of imidazole rings is 1. The predicted octanol–water partition coefficient (Wildman–Crippen LogP) is 4.34. The van der Waals surface area contributed by atoms with E-state index in [-0.39, 0.29) is 12.0 Å². The lowest BCUT2D eigenvalue weighted by Crippen LogP contribution is -2.15. The van der Waals surface area contributed by atoms with E-state index in [9.17, 15) is 0 Å². The summed E-state index contributed by atoms with van der Waals surface area (Å²) in [6.45, 7) is 6.60. The zero-order valence-corrected chi connectivity index (χ0v) is 16.4. The Morgan fingerprint density at radius 3 is 2.40 bits per heavy atom. The molecule has 0 bridgehead atoms. The highest BCUT2D eigenvalue weighted by molar-refractivity contribution is 6.37. The van der Waals surface area contributed by atoms with Gasteiger partial charge in [0.2, 0.25) is 0 Å². The summed E-state index contributed by atoms with van der Waals surface area (Å²) in [7, 11) is 0. The van der Waals surface area contributed by atoms with Gasteiger partial charge in [-0.1, -0.05) is 37.0 Å². The molecule has 1 aliphatic rings. The Morgan fingerprint density at radius 1 is 1.28 bits per heavy atom. The van der Waals surface area contributed by atoms with E-state index >= 15 is 0 Å². The van der Waals surface area contributed by atoms with E-state index < -0.39 is 5.79 Å². The standard InChI is InChI=1S/C12H10Cl2N4.C3H8O2.C2H6/c13-9-4-10(14)17-12-11(9)16-6-18(12)8-2-1-7(3-8)5-15;1-3(2,4)5;1-2/h4,6-8H,1-3H2;4-5H,1-2H3;1-2H3. The lowest BCUT2D eigenvalue weighted by Gasteiger charge is -2.11. The molecule has 1 fully saturated rings. The van der Waals surface area contributed by atoms with Crippen LogP contribution < -0.4 is 0 Å². The highest BCUT2D eigenvalue weighted by Crippen LogP contribution is 2.36. The van der Waals surface area contributed by atoms with Crippen LogP contribution in [0.5, 0.6) is 0 Å². The quantitative estimate of drug-likeness (QED) is 0.561. The molecule has 2 unspecified atom stereocenters. The van der Waals surface area contributed by atoms with Gasteiger partial charge in [0.25, 0.3) is 0 Å². The molecule has 6 nitrogen and oxygen atoms in total. The number of hydrogen-bond acceptors (Lipinski definition) is 5. The Hall–Kier alpha value is -1.39. The Labute approximate surface area is 158 Å². The Balaban J connectivity index is 0.000000388. The summed E-state index contributed by atoms with van der Waals surface area (Å²) >= 11 is 12.0. The summed E-state index contributed by atoms with van der Waals surface area (Å²) in [6, 6.07) is 4.18. The van der Waals surface area contributed by atoms with Gasteiger partial charge in [-0.15, -0.1) is 0 Å². The monoisotopic (exact) mass is 386 g/mol. The summed E-state index contributed by atoms with van der Waals surface area (Å²) in [6.07, 6.45) is 4.47. The number of nitrogens with zero attached hydrogens (tertiary/aromatic N) is 4. The number of aromatic nitrogens is 3. The topological polar surface area (TPSA) is 95.0 Å². The normalized spacial score (nSPS) is 19.5. The van der Waals surface area contributed by atoms with Crippen LogP contribution >= 0.6 is 23.2 Å². The maximum Gasteiger partial charge on any atom is 0.163 e. The van der Waals surface area contributed by atoms with E-state index in [0.29, 0.717) is 21.3 Å². The lowest BCUT2D eigenvalue weighted by molar-refractivity contribution is -0.127. The van der Waals surface area contributed by atoms with Gasteiger partial charge in [0.15, 0.2) is 11.4 Å². The molecule has 1 aliphatic carbocycles. The maximum absolute atomic E-state index is 8.95. The van der Waals surface area contributed by atoms with Crippen LogP contribution in [-0.2, 0) is 0 Å². The second-order valence-corrected chi connectivity index (χ2v) is 6.83. The first-order chi connectivity index (χ1) is 11.7. The molecular weight excluding hydrogens is 363 g/mol. The molecule has 0 amide bonds. The SMILES string of the molecule is CC.CC(C)(O)O.N#CC1CCC(n2cnc3c(Cl)cc(Cl)nc32)C1. The average Bonchev–Trinajstić information content (AvgIpc) is 3.13. The van der Waals surface area contributed by atoms with Crippen LogP contribution in [0, 0.1) is 17.2 Å². The van der Waals surface area contributed by atoms with Crippen molar-refractivity contribution >= 4 is 34.4 Å².